The van der Waals surface area contributed by atoms with Crippen LogP contribution < -0.4 is 0 Å². The minimum atomic E-state index is 0.806. The molecule has 0 spiro atoms. The summed E-state index contributed by atoms with van der Waals surface area (Å²) < 4.78 is 2.22. The van der Waals surface area contributed by atoms with Crippen LogP contribution in [0.2, 0.25) is 0 Å². The highest BCUT2D eigenvalue weighted by Gasteiger charge is 2.13. The van der Waals surface area contributed by atoms with Gasteiger partial charge in [0.2, 0.25) is 0 Å². The Balaban J connectivity index is 1.40. The quantitative estimate of drug-likeness (QED) is 0.363. The molecule has 2 aromatic carbocycles. The molecule has 0 N–H and O–H groups in total. The van der Waals surface area contributed by atoms with Crippen molar-refractivity contribution >= 4 is 23.1 Å². The molecule has 0 aliphatic rings. The van der Waals surface area contributed by atoms with Crippen LogP contribution in [0.5, 0.6) is 0 Å². The van der Waals surface area contributed by atoms with Crippen molar-refractivity contribution in [2.24, 2.45) is 0 Å². The van der Waals surface area contributed by atoms with Crippen LogP contribution in [-0.4, -0.2) is 19.7 Å². The van der Waals surface area contributed by atoms with Crippen molar-refractivity contribution in [1.29, 1.82) is 0 Å². The molecule has 142 valence electrons. The molecular weight excluding hydrogens is 384 g/mol. The molecule has 4 rings (SSSR count). The van der Waals surface area contributed by atoms with Crippen molar-refractivity contribution in [3.05, 3.63) is 83.1 Å². The first-order chi connectivity index (χ1) is 13.8. The summed E-state index contributed by atoms with van der Waals surface area (Å²) in [4.78, 5) is 4.77. The predicted octanol–water partition coefficient (Wildman–Crippen LogP) is 5.50. The third kappa shape index (κ3) is 4.51. The largest absolute Gasteiger partial charge is 0.306 e. The number of rotatable bonds is 8. The van der Waals surface area contributed by atoms with Gasteiger partial charge in [0.25, 0.3) is 0 Å². The molecule has 0 fully saturated rings. The minimum absolute atomic E-state index is 0.806. The Labute approximate surface area is 173 Å². The van der Waals surface area contributed by atoms with Crippen LogP contribution in [0.1, 0.15) is 24.0 Å². The highest BCUT2D eigenvalue weighted by molar-refractivity contribution is 7.98. The van der Waals surface area contributed by atoms with Crippen molar-refractivity contribution in [1.82, 2.24) is 19.7 Å². The van der Waals surface area contributed by atoms with Crippen LogP contribution in [0.3, 0.4) is 0 Å². The zero-order valence-corrected chi connectivity index (χ0v) is 17.4. The molecule has 2 heterocycles. The van der Waals surface area contributed by atoms with Crippen LogP contribution in [0, 0.1) is 0 Å². The summed E-state index contributed by atoms with van der Waals surface area (Å²) in [7, 11) is 0. The van der Waals surface area contributed by atoms with E-state index >= 15 is 0 Å². The molecule has 6 heteroatoms. The van der Waals surface area contributed by atoms with Crippen molar-refractivity contribution < 1.29 is 0 Å². The van der Waals surface area contributed by atoms with E-state index in [9.17, 15) is 0 Å². The first-order valence-electron chi connectivity index (χ1n) is 9.42. The van der Waals surface area contributed by atoms with Crippen LogP contribution in [0.4, 0.5) is 0 Å². The molecule has 28 heavy (non-hydrogen) atoms. The highest BCUT2D eigenvalue weighted by atomic mass is 32.2. The van der Waals surface area contributed by atoms with Crippen molar-refractivity contribution in [3.63, 3.8) is 0 Å². The molecule has 4 aromatic rings. The minimum Gasteiger partial charge on any atom is -0.306 e. The number of thioether (sulfide) groups is 1. The van der Waals surface area contributed by atoms with Gasteiger partial charge in [-0.3, -0.25) is 0 Å². The molecule has 0 radical (unpaired) electrons. The highest BCUT2D eigenvalue weighted by Crippen LogP contribution is 2.27. The fourth-order valence-electron chi connectivity index (χ4n) is 3.05. The molecule has 0 saturated heterocycles. The van der Waals surface area contributed by atoms with Gasteiger partial charge in [-0.25, -0.2) is 4.98 Å². The van der Waals surface area contributed by atoms with Gasteiger partial charge in [0.15, 0.2) is 5.16 Å². The number of hydrogen-bond acceptors (Lipinski definition) is 5. The molecule has 0 aliphatic heterocycles. The Morgan fingerprint density at radius 1 is 0.929 bits per heavy atom. The molecule has 0 unspecified atom stereocenters. The first-order valence-corrected chi connectivity index (χ1v) is 11.3. The van der Waals surface area contributed by atoms with Crippen LogP contribution in [0.25, 0.3) is 10.6 Å². The van der Waals surface area contributed by atoms with E-state index in [-0.39, 0.29) is 0 Å². The van der Waals surface area contributed by atoms with E-state index in [2.05, 4.69) is 69.5 Å². The third-order valence-electron chi connectivity index (χ3n) is 4.51. The smallest absolute Gasteiger partial charge is 0.191 e. The second-order valence-electron chi connectivity index (χ2n) is 6.43. The number of nitrogens with zero attached hydrogens (tertiary/aromatic N) is 4. The van der Waals surface area contributed by atoms with Crippen LogP contribution in [-0.2, 0) is 25.1 Å². The number of hydrogen-bond donors (Lipinski definition) is 0. The molecule has 0 amide bonds. The molecule has 0 aliphatic carbocycles. The maximum atomic E-state index is 4.77. The molecule has 0 saturated carbocycles. The maximum absolute atomic E-state index is 4.77. The Morgan fingerprint density at radius 3 is 2.43 bits per heavy atom. The summed E-state index contributed by atoms with van der Waals surface area (Å²) in [6, 6.07) is 20.9. The second kappa shape index (κ2) is 9.17. The van der Waals surface area contributed by atoms with Gasteiger partial charge in [0.05, 0.1) is 5.69 Å². The van der Waals surface area contributed by atoms with Crippen molar-refractivity contribution in [2.75, 3.05) is 0 Å². The van der Waals surface area contributed by atoms with Gasteiger partial charge in [-0.1, -0.05) is 72.4 Å². The Hall–Kier alpha value is -2.44. The standard InChI is InChI=1S/C22H22N4S2/c1-2-26-20(14-13-17-9-5-3-6-10-17)24-25-22(26)28-16-19-15-27-21(23-19)18-11-7-4-8-12-18/h3-12,15H,2,13-14,16H2,1H3. The van der Waals surface area contributed by atoms with E-state index < -0.39 is 0 Å². The van der Waals surface area contributed by atoms with E-state index in [1.165, 1.54) is 11.1 Å². The Kier molecular flexibility index (Phi) is 6.19. The molecule has 0 atom stereocenters. The summed E-state index contributed by atoms with van der Waals surface area (Å²) in [6.45, 7) is 3.03. The monoisotopic (exact) mass is 406 g/mol. The average molecular weight is 407 g/mol. The van der Waals surface area contributed by atoms with E-state index in [0.717, 1.165) is 46.8 Å². The molecule has 0 bridgehead atoms. The second-order valence-corrected chi connectivity index (χ2v) is 8.23. The third-order valence-corrected chi connectivity index (χ3v) is 6.45. The lowest BCUT2D eigenvalue weighted by Gasteiger charge is -2.07. The van der Waals surface area contributed by atoms with Gasteiger partial charge in [0.1, 0.15) is 10.8 Å². The van der Waals surface area contributed by atoms with E-state index in [1.807, 2.05) is 18.2 Å². The van der Waals surface area contributed by atoms with Crippen molar-refractivity contribution in [3.8, 4) is 10.6 Å². The Morgan fingerprint density at radius 2 is 1.68 bits per heavy atom. The molecule has 4 nitrogen and oxygen atoms in total. The SMILES string of the molecule is CCn1c(CCc2ccccc2)nnc1SCc1csc(-c2ccccc2)n1. The van der Waals surface area contributed by atoms with Gasteiger partial charge < -0.3 is 4.57 Å². The van der Waals surface area contributed by atoms with E-state index in [0.29, 0.717) is 0 Å². The first kappa shape index (κ1) is 18.9. The zero-order chi connectivity index (χ0) is 19.2. The number of benzene rings is 2. The molecule has 2 aromatic heterocycles. The fraction of sp³-hybridized carbons (Fsp3) is 0.227. The van der Waals surface area contributed by atoms with E-state index in [4.69, 9.17) is 4.98 Å². The lowest BCUT2D eigenvalue weighted by molar-refractivity contribution is 0.637. The summed E-state index contributed by atoms with van der Waals surface area (Å²) in [5.74, 6) is 1.86. The van der Waals surface area contributed by atoms with Gasteiger partial charge >= 0.3 is 0 Å². The molecular formula is C22H22N4S2. The summed E-state index contributed by atoms with van der Waals surface area (Å²) in [5, 5.41) is 13.0. The lowest BCUT2D eigenvalue weighted by Crippen LogP contribution is -2.05. The maximum Gasteiger partial charge on any atom is 0.191 e. The average Bonchev–Trinajstić information content (AvgIpc) is 3.38. The lowest BCUT2D eigenvalue weighted by atomic mass is 10.1. The Bertz CT molecular complexity index is 1010. The fourth-order valence-corrected chi connectivity index (χ4v) is 4.90. The van der Waals surface area contributed by atoms with Crippen LogP contribution in [0.15, 0.2) is 71.2 Å². The summed E-state index contributed by atoms with van der Waals surface area (Å²) in [6.07, 6.45) is 1.89. The predicted molar refractivity (Wildman–Crippen MR) is 117 cm³/mol. The summed E-state index contributed by atoms with van der Waals surface area (Å²) in [5.41, 5.74) is 3.59. The number of aryl methyl sites for hydroxylation is 2. The number of thiazole rings is 1. The normalized spacial score (nSPS) is 11.0. The van der Waals surface area contributed by atoms with Gasteiger partial charge in [-0.2, -0.15) is 0 Å². The number of aromatic nitrogens is 4. The topological polar surface area (TPSA) is 43.6 Å². The van der Waals surface area contributed by atoms with E-state index in [1.54, 1.807) is 23.1 Å². The summed E-state index contributed by atoms with van der Waals surface area (Å²) >= 11 is 3.40. The van der Waals surface area contributed by atoms with Gasteiger partial charge in [0, 0.05) is 29.7 Å². The van der Waals surface area contributed by atoms with Crippen LogP contribution >= 0.6 is 23.1 Å². The zero-order valence-electron chi connectivity index (χ0n) is 15.8. The van der Waals surface area contributed by atoms with Gasteiger partial charge in [-0.05, 0) is 18.9 Å². The van der Waals surface area contributed by atoms with Gasteiger partial charge in [-0.15, -0.1) is 21.5 Å². The van der Waals surface area contributed by atoms with Crippen molar-refractivity contribution in [2.45, 2.75) is 37.2 Å².